The van der Waals surface area contributed by atoms with Gasteiger partial charge in [0.1, 0.15) is 5.02 Å². The molecule has 0 fully saturated rings. The molecular weight excluding hydrogens is 371 g/mol. The van der Waals surface area contributed by atoms with Gasteiger partial charge in [0.2, 0.25) is 0 Å². The number of carbonyl (C=O) groups excluding carboxylic acids is 2. The van der Waals surface area contributed by atoms with Gasteiger partial charge in [0, 0.05) is 16.8 Å². The van der Waals surface area contributed by atoms with Crippen molar-refractivity contribution in [3.05, 3.63) is 68.2 Å². The lowest BCUT2D eigenvalue weighted by molar-refractivity contribution is -0.384. The maximum absolute atomic E-state index is 12.1. The number of rotatable bonds is 5. The highest BCUT2D eigenvalue weighted by Gasteiger charge is 2.22. The Morgan fingerprint density at radius 2 is 1.80 bits per heavy atom. The highest BCUT2D eigenvalue weighted by molar-refractivity contribution is 6.32. The van der Waals surface area contributed by atoms with Gasteiger partial charge in [-0.3, -0.25) is 14.9 Å². The lowest BCUT2D eigenvalue weighted by Gasteiger charge is -2.13. The van der Waals surface area contributed by atoms with Crippen molar-refractivity contribution in [2.45, 2.75) is 13.0 Å². The maximum atomic E-state index is 12.1. The van der Waals surface area contributed by atoms with Gasteiger partial charge in [-0.15, -0.1) is 0 Å². The van der Waals surface area contributed by atoms with Gasteiger partial charge in [-0.2, -0.15) is 0 Å². The van der Waals surface area contributed by atoms with Crippen LogP contribution < -0.4 is 5.32 Å². The Morgan fingerprint density at radius 1 is 1.16 bits per heavy atom. The summed E-state index contributed by atoms with van der Waals surface area (Å²) in [5.41, 5.74) is -0.0175. The summed E-state index contributed by atoms with van der Waals surface area (Å²) in [6.07, 6.45) is -1.11. The predicted molar refractivity (Wildman–Crippen MR) is 93.1 cm³/mol. The van der Waals surface area contributed by atoms with Crippen molar-refractivity contribution in [3.63, 3.8) is 0 Å². The number of ether oxygens (including phenoxy) is 1. The van der Waals surface area contributed by atoms with Crippen LogP contribution in [0.25, 0.3) is 0 Å². The van der Waals surface area contributed by atoms with E-state index in [1.165, 1.54) is 19.1 Å². The van der Waals surface area contributed by atoms with Gasteiger partial charge in [-0.1, -0.05) is 23.2 Å². The fraction of sp³-hybridized carbons (Fsp3) is 0.125. The molecule has 2 aromatic carbocycles. The number of esters is 1. The summed E-state index contributed by atoms with van der Waals surface area (Å²) in [7, 11) is 0. The van der Waals surface area contributed by atoms with Crippen LogP contribution >= 0.6 is 23.2 Å². The average Bonchev–Trinajstić information content (AvgIpc) is 2.56. The molecule has 0 saturated carbocycles. The topological polar surface area (TPSA) is 98.5 Å². The Kier molecular flexibility index (Phi) is 5.95. The first-order chi connectivity index (χ1) is 11.8. The third-order valence-electron chi connectivity index (χ3n) is 3.14. The minimum Gasteiger partial charge on any atom is -0.449 e. The van der Waals surface area contributed by atoms with Crippen molar-refractivity contribution in [2.75, 3.05) is 5.32 Å². The number of nitrogens with zero attached hydrogens (tertiary/aromatic N) is 1. The van der Waals surface area contributed by atoms with Crippen LogP contribution in [0.1, 0.15) is 17.3 Å². The Morgan fingerprint density at radius 3 is 2.40 bits per heavy atom. The van der Waals surface area contributed by atoms with Gasteiger partial charge in [-0.25, -0.2) is 4.79 Å². The number of halogens is 2. The summed E-state index contributed by atoms with van der Waals surface area (Å²) in [5, 5.41) is 13.8. The van der Waals surface area contributed by atoms with E-state index in [9.17, 15) is 19.7 Å². The minimum absolute atomic E-state index is 0.0813. The van der Waals surface area contributed by atoms with E-state index in [1.807, 2.05) is 0 Å². The van der Waals surface area contributed by atoms with Gasteiger partial charge in [0.05, 0.1) is 10.5 Å². The van der Waals surface area contributed by atoms with Crippen LogP contribution in [0.4, 0.5) is 11.4 Å². The fourth-order valence-corrected chi connectivity index (χ4v) is 2.15. The number of hydrogen-bond donors (Lipinski definition) is 1. The van der Waals surface area contributed by atoms with Gasteiger partial charge in [-0.05, 0) is 43.3 Å². The van der Waals surface area contributed by atoms with Crippen LogP contribution in [0.5, 0.6) is 0 Å². The third-order valence-corrected chi connectivity index (χ3v) is 3.71. The Bertz CT molecular complexity index is 824. The smallest absolute Gasteiger partial charge is 0.339 e. The van der Waals surface area contributed by atoms with E-state index in [0.29, 0.717) is 10.7 Å². The Balaban J connectivity index is 2.04. The molecule has 2 rings (SSSR count). The van der Waals surface area contributed by atoms with Crippen molar-refractivity contribution in [1.29, 1.82) is 0 Å². The quantitative estimate of drug-likeness (QED) is 0.477. The SMILES string of the molecule is C[C@H](OC(=O)c1ccc(Cl)c([N+](=O)[O-])c1)C(=O)Nc1ccc(Cl)cc1. The minimum atomic E-state index is -1.11. The largest absolute Gasteiger partial charge is 0.449 e. The van der Waals surface area contributed by atoms with E-state index < -0.39 is 28.6 Å². The molecule has 1 N–H and O–H groups in total. The highest BCUT2D eigenvalue weighted by atomic mass is 35.5. The monoisotopic (exact) mass is 382 g/mol. The predicted octanol–water partition coefficient (Wildman–Crippen LogP) is 4.09. The number of nitrogens with one attached hydrogen (secondary N) is 1. The van der Waals surface area contributed by atoms with Crippen molar-refractivity contribution in [2.24, 2.45) is 0 Å². The molecule has 9 heteroatoms. The molecule has 1 amide bonds. The van der Waals surface area contributed by atoms with Crippen molar-refractivity contribution in [3.8, 4) is 0 Å². The number of hydrogen-bond acceptors (Lipinski definition) is 5. The van der Waals surface area contributed by atoms with Gasteiger partial charge >= 0.3 is 5.97 Å². The molecule has 0 unspecified atom stereocenters. The van der Waals surface area contributed by atoms with Crippen LogP contribution in [0.3, 0.4) is 0 Å². The summed E-state index contributed by atoms with van der Waals surface area (Å²) in [6, 6.07) is 9.88. The molecule has 7 nitrogen and oxygen atoms in total. The van der Waals surface area contributed by atoms with Gasteiger partial charge in [0.15, 0.2) is 6.10 Å². The number of benzene rings is 2. The van der Waals surface area contributed by atoms with Gasteiger partial charge in [0.25, 0.3) is 11.6 Å². The average molecular weight is 383 g/mol. The lowest BCUT2D eigenvalue weighted by Crippen LogP contribution is -2.30. The summed E-state index contributed by atoms with van der Waals surface area (Å²) in [6.45, 7) is 1.38. The summed E-state index contributed by atoms with van der Waals surface area (Å²) < 4.78 is 5.03. The molecule has 0 radical (unpaired) electrons. The molecule has 1 atom stereocenters. The highest BCUT2D eigenvalue weighted by Crippen LogP contribution is 2.25. The van der Waals surface area contributed by atoms with E-state index in [2.05, 4.69) is 5.32 Å². The van der Waals surface area contributed by atoms with Gasteiger partial charge < -0.3 is 10.1 Å². The second-order valence-corrected chi connectivity index (χ2v) is 5.81. The van der Waals surface area contributed by atoms with Crippen molar-refractivity contribution >= 4 is 46.5 Å². The molecular formula is C16H12Cl2N2O5. The summed E-state index contributed by atoms with van der Waals surface area (Å²) in [5.74, 6) is -1.43. The molecule has 0 bridgehead atoms. The normalized spacial score (nSPS) is 11.5. The third kappa shape index (κ3) is 4.91. The zero-order valence-corrected chi connectivity index (χ0v) is 14.4. The van der Waals surface area contributed by atoms with E-state index in [0.717, 1.165) is 6.07 Å². The van der Waals surface area contributed by atoms with E-state index in [4.69, 9.17) is 27.9 Å². The zero-order chi connectivity index (χ0) is 18.6. The first-order valence-corrected chi connectivity index (χ1v) is 7.75. The summed E-state index contributed by atoms with van der Waals surface area (Å²) >= 11 is 11.4. The molecule has 0 aliphatic rings. The first-order valence-electron chi connectivity index (χ1n) is 6.99. The molecule has 0 aliphatic heterocycles. The molecule has 25 heavy (non-hydrogen) atoms. The molecule has 0 saturated heterocycles. The molecule has 0 aromatic heterocycles. The molecule has 2 aromatic rings. The number of nitro groups is 1. The van der Waals surface area contributed by atoms with Crippen LogP contribution in [0, 0.1) is 10.1 Å². The molecule has 130 valence electrons. The lowest BCUT2D eigenvalue weighted by atomic mass is 10.2. The van der Waals surface area contributed by atoms with Crippen molar-refractivity contribution < 1.29 is 19.2 Å². The van der Waals surface area contributed by atoms with E-state index in [-0.39, 0.29) is 10.6 Å². The number of amides is 1. The maximum Gasteiger partial charge on any atom is 0.339 e. The van der Waals surface area contributed by atoms with Crippen LogP contribution in [0.2, 0.25) is 10.0 Å². The number of anilines is 1. The van der Waals surface area contributed by atoms with E-state index in [1.54, 1.807) is 24.3 Å². The molecule has 0 spiro atoms. The van der Waals surface area contributed by atoms with E-state index >= 15 is 0 Å². The zero-order valence-electron chi connectivity index (χ0n) is 12.9. The van der Waals surface area contributed by atoms with Crippen LogP contribution in [0.15, 0.2) is 42.5 Å². The van der Waals surface area contributed by atoms with Crippen LogP contribution in [-0.4, -0.2) is 22.9 Å². The summed E-state index contributed by atoms with van der Waals surface area (Å²) in [4.78, 5) is 34.2. The standard InChI is InChI=1S/C16H12Cl2N2O5/c1-9(15(21)19-12-5-3-11(17)4-6-12)25-16(22)10-2-7-13(18)14(8-10)20(23)24/h2-9H,1H3,(H,19,21)/t9-/m0/s1. The second-order valence-electron chi connectivity index (χ2n) is 4.97. The Hall–Kier alpha value is -2.64. The Labute approximate surface area is 152 Å². The number of carbonyl (C=O) groups is 2. The fourth-order valence-electron chi connectivity index (χ4n) is 1.84. The number of nitro benzene ring substituents is 1. The first kappa shape index (κ1) is 18.7. The van der Waals surface area contributed by atoms with Crippen molar-refractivity contribution in [1.82, 2.24) is 0 Å². The molecule has 0 heterocycles. The van der Waals surface area contributed by atoms with Crippen LogP contribution in [-0.2, 0) is 9.53 Å². The molecule has 0 aliphatic carbocycles. The second kappa shape index (κ2) is 7.96.